The van der Waals surface area contributed by atoms with E-state index in [9.17, 15) is 0 Å². The quantitative estimate of drug-likeness (QED) is 0.779. The van der Waals surface area contributed by atoms with Gasteiger partial charge in [0.1, 0.15) is 12.4 Å². The topological polar surface area (TPSA) is 34.1 Å². The maximum absolute atomic E-state index is 5.74. The van der Waals surface area contributed by atoms with Crippen LogP contribution >= 0.6 is 22.6 Å². The van der Waals surface area contributed by atoms with Crippen LogP contribution in [0.4, 0.5) is 0 Å². The van der Waals surface area contributed by atoms with E-state index < -0.39 is 0 Å². The van der Waals surface area contributed by atoms with Crippen LogP contribution in [0.1, 0.15) is 24.1 Å². The monoisotopic (exact) mass is 380 g/mol. The summed E-state index contributed by atoms with van der Waals surface area (Å²) in [6.45, 7) is 1.43. The summed E-state index contributed by atoms with van der Waals surface area (Å²) in [4.78, 5) is 4.42. The van der Waals surface area contributed by atoms with Gasteiger partial charge in [-0.2, -0.15) is 0 Å². The first-order chi connectivity index (χ1) is 9.79. The van der Waals surface area contributed by atoms with Crippen LogP contribution < -0.4 is 10.1 Å². The fraction of sp³-hybridized carbons (Fsp3) is 0.312. The van der Waals surface area contributed by atoms with Crippen molar-refractivity contribution in [2.45, 2.75) is 32.0 Å². The number of rotatable bonds is 6. The molecule has 3 rings (SSSR count). The van der Waals surface area contributed by atoms with Gasteiger partial charge in [0, 0.05) is 16.2 Å². The Morgan fingerprint density at radius 1 is 1.15 bits per heavy atom. The molecule has 0 bridgehead atoms. The third-order valence-corrected chi connectivity index (χ3v) is 3.98. The number of nitrogens with one attached hydrogen (secondary N) is 1. The maximum atomic E-state index is 5.74. The number of pyridine rings is 1. The van der Waals surface area contributed by atoms with Gasteiger partial charge in [0.2, 0.25) is 0 Å². The molecule has 0 radical (unpaired) electrons. The number of nitrogens with zero attached hydrogens (tertiary/aromatic N) is 1. The highest BCUT2D eigenvalue weighted by atomic mass is 127. The van der Waals surface area contributed by atoms with Crippen molar-refractivity contribution in [1.29, 1.82) is 0 Å². The van der Waals surface area contributed by atoms with Gasteiger partial charge in [-0.15, -0.1) is 0 Å². The lowest BCUT2D eigenvalue weighted by Gasteiger charge is -2.07. The maximum Gasteiger partial charge on any atom is 0.138 e. The van der Waals surface area contributed by atoms with Gasteiger partial charge in [-0.1, -0.05) is 12.1 Å². The summed E-state index contributed by atoms with van der Waals surface area (Å²) < 4.78 is 6.98. The van der Waals surface area contributed by atoms with Crippen LogP contribution in [0, 0.1) is 3.57 Å². The molecule has 0 spiro atoms. The summed E-state index contributed by atoms with van der Waals surface area (Å²) >= 11 is 2.30. The Morgan fingerprint density at radius 3 is 2.60 bits per heavy atom. The molecule has 1 aliphatic rings. The van der Waals surface area contributed by atoms with Gasteiger partial charge in [0.25, 0.3) is 0 Å². The van der Waals surface area contributed by atoms with E-state index in [1.54, 1.807) is 6.20 Å². The highest BCUT2D eigenvalue weighted by Gasteiger charge is 2.19. The summed E-state index contributed by atoms with van der Waals surface area (Å²) in [6, 6.07) is 13.1. The van der Waals surface area contributed by atoms with Crippen molar-refractivity contribution in [3.8, 4) is 5.75 Å². The second kappa shape index (κ2) is 6.54. The Bertz CT molecular complexity index is 550. The fourth-order valence-electron chi connectivity index (χ4n) is 1.88. The van der Waals surface area contributed by atoms with E-state index in [0.717, 1.165) is 18.0 Å². The molecule has 0 saturated heterocycles. The van der Waals surface area contributed by atoms with E-state index >= 15 is 0 Å². The average molecular weight is 380 g/mol. The molecule has 1 fully saturated rings. The van der Waals surface area contributed by atoms with Gasteiger partial charge in [-0.05, 0) is 65.3 Å². The highest BCUT2D eigenvalue weighted by molar-refractivity contribution is 14.1. The Morgan fingerprint density at radius 2 is 1.95 bits per heavy atom. The number of benzene rings is 1. The third-order valence-electron chi connectivity index (χ3n) is 3.27. The number of aromatic nitrogens is 1. The molecule has 0 amide bonds. The van der Waals surface area contributed by atoms with Gasteiger partial charge >= 0.3 is 0 Å². The fourth-order valence-corrected chi connectivity index (χ4v) is 2.24. The van der Waals surface area contributed by atoms with Crippen molar-refractivity contribution in [3.05, 3.63) is 57.4 Å². The number of hydrogen-bond acceptors (Lipinski definition) is 3. The van der Waals surface area contributed by atoms with Gasteiger partial charge in [-0.25, -0.2) is 0 Å². The Hall–Kier alpha value is -1.14. The number of halogens is 1. The van der Waals surface area contributed by atoms with Crippen molar-refractivity contribution in [2.24, 2.45) is 0 Å². The zero-order chi connectivity index (χ0) is 13.8. The minimum absolute atomic E-state index is 0.582. The van der Waals surface area contributed by atoms with Crippen LogP contribution in [-0.4, -0.2) is 11.0 Å². The van der Waals surface area contributed by atoms with Crippen LogP contribution in [-0.2, 0) is 13.2 Å². The van der Waals surface area contributed by atoms with Gasteiger partial charge in [0.15, 0.2) is 0 Å². The summed E-state index contributed by atoms with van der Waals surface area (Å²) in [5, 5.41) is 3.45. The van der Waals surface area contributed by atoms with Gasteiger partial charge < -0.3 is 10.1 Å². The number of ether oxygens (including phenoxy) is 1. The number of hydrogen-bond donors (Lipinski definition) is 1. The summed E-state index contributed by atoms with van der Waals surface area (Å²) in [7, 11) is 0. The van der Waals surface area contributed by atoms with Gasteiger partial charge in [0.05, 0.1) is 11.9 Å². The molecule has 1 aliphatic carbocycles. The van der Waals surface area contributed by atoms with E-state index in [1.807, 2.05) is 12.1 Å². The molecule has 1 aromatic carbocycles. The van der Waals surface area contributed by atoms with Crippen LogP contribution in [0.2, 0.25) is 0 Å². The minimum Gasteiger partial charge on any atom is -0.487 e. The Kier molecular flexibility index (Phi) is 4.52. The Balaban J connectivity index is 1.50. The van der Waals surface area contributed by atoms with E-state index in [1.165, 1.54) is 22.0 Å². The van der Waals surface area contributed by atoms with Crippen molar-refractivity contribution in [1.82, 2.24) is 10.3 Å². The molecule has 1 saturated carbocycles. The molecule has 3 nitrogen and oxygen atoms in total. The first-order valence-electron chi connectivity index (χ1n) is 6.85. The van der Waals surface area contributed by atoms with Crippen LogP contribution in [0.5, 0.6) is 5.75 Å². The largest absolute Gasteiger partial charge is 0.487 e. The molecular weight excluding hydrogens is 363 g/mol. The van der Waals surface area contributed by atoms with E-state index in [-0.39, 0.29) is 0 Å². The van der Waals surface area contributed by atoms with Crippen LogP contribution in [0.15, 0.2) is 42.6 Å². The first kappa shape index (κ1) is 13.8. The molecule has 104 valence electrons. The molecule has 1 N–H and O–H groups in total. The summed E-state index contributed by atoms with van der Waals surface area (Å²) in [5.41, 5.74) is 2.24. The minimum atomic E-state index is 0.582. The zero-order valence-electron chi connectivity index (χ0n) is 11.2. The second-order valence-electron chi connectivity index (χ2n) is 5.06. The van der Waals surface area contributed by atoms with Crippen molar-refractivity contribution in [2.75, 3.05) is 0 Å². The van der Waals surface area contributed by atoms with Crippen molar-refractivity contribution in [3.63, 3.8) is 0 Å². The van der Waals surface area contributed by atoms with Crippen molar-refractivity contribution < 1.29 is 4.74 Å². The molecule has 0 atom stereocenters. The third kappa shape index (κ3) is 4.18. The molecular formula is C16H17IN2O. The molecule has 0 unspecified atom stereocenters. The first-order valence-corrected chi connectivity index (χ1v) is 7.93. The van der Waals surface area contributed by atoms with E-state index in [2.05, 4.69) is 57.2 Å². The molecule has 0 aliphatic heterocycles. The van der Waals surface area contributed by atoms with E-state index in [4.69, 9.17) is 4.74 Å². The molecule has 1 aromatic heterocycles. The zero-order valence-corrected chi connectivity index (χ0v) is 13.3. The lowest BCUT2D eigenvalue weighted by atomic mass is 10.2. The summed E-state index contributed by atoms with van der Waals surface area (Å²) in [6.07, 6.45) is 4.41. The molecule has 2 aromatic rings. The van der Waals surface area contributed by atoms with Crippen LogP contribution in [0.25, 0.3) is 0 Å². The van der Waals surface area contributed by atoms with E-state index in [0.29, 0.717) is 12.6 Å². The molecule has 20 heavy (non-hydrogen) atoms. The van der Waals surface area contributed by atoms with Crippen molar-refractivity contribution >= 4 is 22.6 Å². The van der Waals surface area contributed by atoms with Gasteiger partial charge in [-0.3, -0.25) is 4.98 Å². The summed E-state index contributed by atoms with van der Waals surface area (Å²) in [5.74, 6) is 0.818. The lowest BCUT2D eigenvalue weighted by molar-refractivity contribution is 0.304. The normalized spacial score (nSPS) is 14.2. The smallest absolute Gasteiger partial charge is 0.138 e. The lowest BCUT2D eigenvalue weighted by Crippen LogP contribution is -2.16. The second-order valence-corrected chi connectivity index (χ2v) is 6.30. The van der Waals surface area contributed by atoms with Crippen LogP contribution in [0.3, 0.4) is 0 Å². The highest BCUT2D eigenvalue weighted by Crippen LogP contribution is 2.19. The molecule has 4 heteroatoms. The average Bonchev–Trinajstić information content (AvgIpc) is 3.30. The standard InChI is InChI=1S/C16H17IN2O/c17-13-3-1-12(2-4-13)11-20-16-8-7-15(19-10-16)9-18-14-5-6-14/h1-4,7-8,10,14,18H,5-6,9,11H2. The SMILES string of the molecule is Ic1ccc(COc2ccc(CNC3CC3)nc2)cc1. The predicted octanol–water partition coefficient (Wildman–Crippen LogP) is 3.52. The Labute approximate surface area is 132 Å². The predicted molar refractivity (Wildman–Crippen MR) is 87.6 cm³/mol. The molecule has 1 heterocycles.